The summed E-state index contributed by atoms with van der Waals surface area (Å²) < 4.78 is 35.0. The highest BCUT2D eigenvalue weighted by molar-refractivity contribution is 9.11. The van der Waals surface area contributed by atoms with Crippen LogP contribution in [0.25, 0.3) is 0 Å². The third kappa shape index (κ3) is 4.62. The summed E-state index contributed by atoms with van der Waals surface area (Å²) in [5.41, 5.74) is 0.600. The molecule has 0 heterocycles. The number of alkyl halides is 2. The molecule has 0 atom stereocenters. The van der Waals surface area contributed by atoms with Gasteiger partial charge in [0.25, 0.3) is 0 Å². The van der Waals surface area contributed by atoms with Crippen molar-refractivity contribution in [1.82, 2.24) is 5.32 Å². The second kappa shape index (κ2) is 7.33. The van der Waals surface area contributed by atoms with E-state index in [-0.39, 0.29) is 11.5 Å². The molecule has 0 fully saturated rings. The lowest BCUT2D eigenvalue weighted by atomic mass is 10.2. The number of nitrogens with one attached hydrogen (secondary N) is 1. The summed E-state index contributed by atoms with van der Waals surface area (Å²) in [6.07, 6.45) is 0. The van der Waals surface area contributed by atoms with E-state index in [1.807, 2.05) is 0 Å². The van der Waals surface area contributed by atoms with E-state index in [1.54, 1.807) is 18.2 Å². The molecule has 1 aromatic carbocycles. The molecule has 1 N–H and O–H groups in total. The fraction of sp³-hybridized carbons (Fsp3) is 0.333. The smallest absolute Gasteiger partial charge is 0.387 e. The zero-order valence-electron chi connectivity index (χ0n) is 9.88. The molecule has 100 valence electrons. The van der Waals surface area contributed by atoms with Gasteiger partial charge in [0.15, 0.2) is 11.5 Å². The molecule has 0 unspecified atom stereocenters. The first-order chi connectivity index (χ1) is 8.54. The number of hydrogen-bond acceptors (Lipinski definition) is 3. The molecule has 0 spiro atoms. The van der Waals surface area contributed by atoms with Gasteiger partial charge in [0.1, 0.15) is 0 Å². The average Bonchev–Trinajstić information content (AvgIpc) is 2.30. The van der Waals surface area contributed by atoms with Gasteiger partial charge < -0.3 is 14.8 Å². The van der Waals surface area contributed by atoms with Crippen LogP contribution in [0.1, 0.15) is 5.56 Å². The van der Waals surface area contributed by atoms with Crippen LogP contribution >= 0.6 is 15.9 Å². The van der Waals surface area contributed by atoms with Gasteiger partial charge in [-0.05, 0) is 6.07 Å². The monoisotopic (exact) mass is 321 g/mol. The van der Waals surface area contributed by atoms with Crippen LogP contribution in [0.3, 0.4) is 0 Å². The first-order valence-corrected chi connectivity index (χ1v) is 5.98. The van der Waals surface area contributed by atoms with Gasteiger partial charge in [-0.15, -0.1) is 0 Å². The molecule has 0 aliphatic heterocycles. The number of benzene rings is 1. The number of rotatable bonds is 7. The number of ether oxygens (including phenoxy) is 2. The number of halogens is 3. The Bertz CT molecular complexity index is 413. The van der Waals surface area contributed by atoms with E-state index in [2.05, 4.69) is 32.6 Å². The van der Waals surface area contributed by atoms with E-state index in [9.17, 15) is 8.78 Å². The fourth-order valence-corrected chi connectivity index (χ4v) is 1.62. The fourth-order valence-electron chi connectivity index (χ4n) is 1.42. The summed E-state index contributed by atoms with van der Waals surface area (Å²) in [4.78, 5) is 0. The van der Waals surface area contributed by atoms with Gasteiger partial charge in [0.05, 0.1) is 7.11 Å². The zero-order valence-corrected chi connectivity index (χ0v) is 11.5. The Morgan fingerprint density at radius 2 is 2.22 bits per heavy atom. The van der Waals surface area contributed by atoms with Crippen molar-refractivity contribution >= 4 is 15.9 Å². The molecule has 0 amide bonds. The van der Waals surface area contributed by atoms with Gasteiger partial charge in [-0.3, -0.25) is 0 Å². The second-order valence-corrected chi connectivity index (χ2v) is 4.57. The highest BCUT2D eigenvalue weighted by atomic mass is 79.9. The SMILES string of the molecule is C=C(Br)CNCc1cccc(OC)c1OC(F)F. The van der Waals surface area contributed by atoms with Crippen LogP contribution in [0.5, 0.6) is 11.5 Å². The first-order valence-electron chi connectivity index (χ1n) is 5.19. The molecule has 0 saturated carbocycles. The molecular formula is C12H14BrF2NO2. The topological polar surface area (TPSA) is 30.5 Å². The summed E-state index contributed by atoms with van der Waals surface area (Å²) in [6, 6.07) is 4.99. The van der Waals surface area contributed by atoms with Gasteiger partial charge in [0, 0.05) is 23.1 Å². The Morgan fingerprint density at radius 1 is 1.50 bits per heavy atom. The quantitative estimate of drug-likeness (QED) is 0.836. The Morgan fingerprint density at radius 3 is 2.78 bits per heavy atom. The minimum absolute atomic E-state index is 0.0580. The van der Waals surface area contributed by atoms with E-state index in [4.69, 9.17) is 4.74 Å². The predicted octanol–water partition coefficient (Wildman–Crippen LogP) is 3.29. The molecular weight excluding hydrogens is 308 g/mol. The Labute approximate surface area is 113 Å². The Hall–Kier alpha value is -1.14. The summed E-state index contributed by atoms with van der Waals surface area (Å²) in [7, 11) is 1.41. The molecule has 3 nitrogen and oxygen atoms in total. The second-order valence-electron chi connectivity index (χ2n) is 3.45. The minimum Gasteiger partial charge on any atom is -0.493 e. The lowest BCUT2D eigenvalue weighted by Gasteiger charge is -2.14. The van der Waals surface area contributed by atoms with Crippen LogP contribution in [0.2, 0.25) is 0 Å². The summed E-state index contributed by atoms with van der Waals surface area (Å²) in [5, 5.41) is 3.04. The van der Waals surface area contributed by atoms with Crippen molar-refractivity contribution in [2.45, 2.75) is 13.2 Å². The van der Waals surface area contributed by atoms with Gasteiger partial charge in [-0.2, -0.15) is 8.78 Å². The molecule has 0 saturated heterocycles. The molecule has 0 aliphatic carbocycles. The number of methoxy groups -OCH3 is 1. The maximum atomic E-state index is 12.3. The molecule has 0 radical (unpaired) electrons. The normalized spacial score (nSPS) is 10.5. The van der Waals surface area contributed by atoms with Crippen LogP contribution in [0.15, 0.2) is 29.3 Å². The Kier molecular flexibility index (Phi) is 6.07. The zero-order chi connectivity index (χ0) is 13.5. The molecule has 1 rings (SSSR count). The van der Waals surface area contributed by atoms with Gasteiger partial charge in [-0.1, -0.05) is 34.6 Å². The van der Waals surface area contributed by atoms with E-state index in [1.165, 1.54) is 7.11 Å². The van der Waals surface area contributed by atoms with Crippen molar-refractivity contribution in [3.8, 4) is 11.5 Å². The standard InChI is InChI=1S/C12H14BrF2NO2/c1-8(13)6-16-7-9-4-3-5-10(17-2)11(9)18-12(14)15/h3-5,12,16H,1,6-7H2,2H3. The first kappa shape index (κ1) is 14.9. The van der Waals surface area contributed by atoms with Crippen molar-refractivity contribution in [1.29, 1.82) is 0 Å². The van der Waals surface area contributed by atoms with Crippen LogP contribution in [-0.4, -0.2) is 20.3 Å². The molecule has 1 aromatic rings. The summed E-state index contributed by atoms with van der Waals surface area (Å²) in [5.74, 6) is 0.343. The molecule has 18 heavy (non-hydrogen) atoms. The van der Waals surface area contributed by atoms with Crippen molar-refractivity contribution in [2.24, 2.45) is 0 Å². The van der Waals surface area contributed by atoms with Gasteiger partial charge >= 0.3 is 6.61 Å². The van der Waals surface area contributed by atoms with Gasteiger partial charge in [-0.25, -0.2) is 0 Å². The van der Waals surface area contributed by atoms with Crippen LogP contribution in [0.4, 0.5) is 8.78 Å². The van der Waals surface area contributed by atoms with Crippen molar-refractivity contribution < 1.29 is 18.3 Å². The van der Waals surface area contributed by atoms with Crippen molar-refractivity contribution in [3.05, 3.63) is 34.8 Å². The lowest BCUT2D eigenvalue weighted by Crippen LogP contribution is -2.16. The van der Waals surface area contributed by atoms with Gasteiger partial charge in [0.2, 0.25) is 0 Å². The third-order valence-corrected chi connectivity index (χ3v) is 2.40. The lowest BCUT2D eigenvalue weighted by molar-refractivity contribution is -0.0518. The largest absolute Gasteiger partial charge is 0.493 e. The predicted molar refractivity (Wildman–Crippen MR) is 69.4 cm³/mol. The maximum absolute atomic E-state index is 12.3. The third-order valence-electron chi connectivity index (χ3n) is 2.12. The van der Waals surface area contributed by atoms with E-state index >= 15 is 0 Å². The highest BCUT2D eigenvalue weighted by Gasteiger charge is 2.14. The molecule has 0 aliphatic rings. The van der Waals surface area contributed by atoms with Crippen LogP contribution in [-0.2, 0) is 6.54 Å². The van der Waals surface area contributed by atoms with E-state index < -0.39 is 6.61 Å². The van der Waals surface area contributed by atoms with E-state index in [0.717, 1.165) is 4.48 Å². The Balaban J connectivity index is 2.84. The minimum atomic E-state index is -2.88. The number of para-hydroxylation sites is 1. The summed E-state index contributed by atoms with van der Waals surface area (Å²) >= 11 is 3.20. The molecule has 0 bridgehead atoms. The van der Waals surface area contributed by atoms with Crippen molar-refractivity contribution in [3.63, 3.8) is 0 Å². The van der Waals surface area contributed by atoms with Crippen LogP contribution in [0, 0.1) is 0 Å². The average molecular weight is 322 g/mol. The van der Waals surface area contributed by atoms with Crippen LogP contribution < -0.4 is 14.8 Å². The summed E-state index contributed by atoms with van der Waals surface area (Å²) in [6.45, 7) is 1.70. The van der Waals surface area contributed by atoms with E-state index in [0.29, 0.717) is 18.7 Å². The molecule has 0 aromatic heterocycles. The molecule has 6 heteroatoms. The van der Waals surface area contributed by atoms with Crippen molar-refractivity contribution in [2.75, 3.05) is 13.7 Å². The maximum Gasteiger partial charge on any atom is 0.387 e. The highest BCUT2D eigenvalue weighted by Crippen LogP contribution is 2.32. The number of hydrogen-bond donors (Lipinski definition) is 1.